The minimum absolute atomic E-state index is 0.108. The maximum absolute atomic E-state index is 13.0. The Kier molecular flexibility index (Phi) is 5.87. The Morgan fingerprint density at radius 1 is 1.21 bits per heavy atom. The molecule has 0 unspecified atom stereocenters. The molecular weight excluding hydrogens is 384 g/mol. The molecule has 152 valence electrons. The molecule has 0 saturated carbocycles. The van der Waals surface area contributed by atoms with Gasteiger partial charge in [-0.2, -0.15) is 0 Å². The second kappa shape index (κ2) is 8.55. The number of rotatable bonds is 8. The molecule has 1 aromatic carbocycles. The number of aromatic nitrogens is 4. The monoisotopic (exact) mass is 410 g/mol. The highest BCUT2D eigenvalue weighted by atomic mass is 32.2. The van der Waals surface area contributed by atoms with E-state index in [0.29, 0.717) is 18.9 Å². The molecular formula is C22H26N4O2S. The number of hydrogen-bond donors (Lipinski definition) is 0. The van der Waals surface area contributed by atoms with Crippen LogP contribution in [0.3, 0.4) is 0 Å². The number of ketones is 1. The summed E-state index contributed by atoms with van der Waals surface area (Å²) in [6.45, 7) is 5.35. The highest BCUT2D eigenvalue weighted by Gasteiger charge is 2.19. The van der Waals surface area contributed by atoms with Crippen molar-refractivity contribution in [1.82, 2.24) is 19.3 Å². The molecule has 29 heavy (non-hydrogen) atoms. The zero-order chi connectivity index (χ0) is 20.4. The first-order valence-corrected chi connectivity index (χ1v) is 10.9. The number of nitrogens with zero attached hydrogens (tertiary/aromatic N) is 4. The van der Waals surface area contributed by atoms with Crippen LogP contribution >= 0.6 is 11.8 Å². The number of carbonyl (C=O) groups is 1. The number of thioether (sulfide) groups is 1. The van der Waals surface area contributed by atoms with Crippen molar-refractivity contribution in [2.45, 2.75) is 44.8 Å². The third-order valence-corrected chi connectivity index (χ3v) is 6.50. The van der Waals surface area contributed by atoms with Crippen molar-refractivity contribution in [3.63, 3.8) is 0 Å². The number of benzene rings is 1. The average molecular weight is 411 g/mol. The van der Waals surface area contributed by atoms with Crippen molar-refractivity contribution < 1.29 is 9.53 Å². The second-order valence-electron chi connectivity index (χ2n) is 7.44. The smallest absolute Gasteiger partial charge is 0.191 e. The van der Waals surface area contributed by atoms with Gasteiger partial charge in [-0.15, -0.1) is 10.2 Å². The van der Waals surface area contributed by atoms with Crippen LogP contribution in [0.5, 0.6) is 0 Å². The van der Waals surface area contributed by atoms with Crippen molar-refractivity contribution in [2.75, 3.05) is 19.5 Å². The van der Waals surface area contributed by atoms with Crippen molar-refractivity contribution in [1.29, 1.82) is 0 Å². The number of aryl methyl sites for hydroxylation is 3. The molecule has 3 aromatic rings. The van der Waals surface area contributed by atoms with E-state index in [1.165, 1.54) is 35.7 Å². The fourth-order valence-electron chi connectivity index (χ4n) is 4.05. The lowest BCUT2D eigenvalue weighted by Gasteiger charge is -2.12. The van der Waals surface area contributed by atoms with E-state index < -0.39 is 0 Å². The topological polar surface area (TPSA) is 61.9 Å². The van der Waals surface area contributed by atoms with Gasteiger partial charge in [0.15, 0.2) is 10.9 Å². The summed E-state index contributed by atoms with van der Waals surface area (Å²) in [7, 11) is 1.66. The first kappa shape index (κ1) is 19.9. The van der Waals surface area contributed by atoms with E-state index in [1.807, 2.05) is 17.6 Å². The van der Waals surface area contributed by atoms with Crippen LogP contribution in [0.2, 0.25) is 0 Å². The molecule has 0 spiro atoms. The highest BCUT2D eigenvalue weighted by molar-refractivity contribution is 7.99. The molecule has 0 atom stereocenters. The van der Waals surface area contributed by atoms with Crippen LogP contribution in [0.15, 0.2) is 35.7 Å². The van der Waals surface area contributed by atoms with E-state index >= 15 is 0 Å². The van der Waals surface area contributed by atoms with E-state index in [2.05, 4.69) is 39.9 Å². The number of carbonyl (C=O) groups excluding carboxylic acids is 1. The molecule has 1 aliphatic carbocycles. The summed E-state index contributed by atoms with van der Waals surface area (Å²) in [4.78, 5) is 13.0. The third kappa shape index (κ3) is 4.02. The summed E-state index contributed by atoms with van der Waals surface area (Å²) in [5.74, 6) is 0.442. The molecule has 2 heterocycles. The van der Waals surface area contributed by atoms with Gasteiger partial charge in [-0.3, -0.25) is 4.79 Å². The van der Waals surface area contributed by atoms with E-state index in [9.17, 15) is 4.79 Å². The van der Waals surface area contributed by atoms with Crippen molar-refractivity contribution in [3.05, 3.63) is 58.7 Å². The molecule has 0 radical (unpaired) electrons. The standard InChI is InChI=1S/C22H26N4O2S/c1-15-11-20(21(27)13-29-22-24-23-14-25(22)9-10-28-3)16(2)26(15)19-8-7-17-5-4-6-18(17)12-19/h7-8,11-12,14H,4-6,9-10,13H2,1-3H3. The van der Waals surface area contributed by atoms with Crippen LogP contribution in [-0.2, 0) is 24.1 Å². The predicted molar refractivity (Wildman–Crippen MR) is 114 cm³/mol. The van der Waals surface area contributed by atoms with Gasteiger partial charge in [0.25, 0.3) is 0 Å². The van der Waals surface area contributed by atoms with E-state index in [-0.39, 0.29) is 5.78 Å². The van der Waals surface area contributed by atoms with Crippen molar-refractivity contribution >= 4 is 17.5 Å². The van der Waals surface area contributed by atoms with Gasteiger partial charge >= 0.3 is 0 Å². The summed E-state index contributed by atoms with van der Waals surface area (Å²) in [6, 6.07) is 8.69. The largest absolute Gasteiger partial charge is 0.383 e. The van der Waals surface area contributed by atoms with Crippen molar-refractivity contribution in [3.8, 4) is 5.69 Å². The Morgan fingerprint density at radius 3 is 2.86 bits per heavy atom. The number of methoxy groups -OCH3 is 1. The van der Waals surface area contributed by atoms with E-state index in [4.69, 9.17) is 4.74 Å². The first-order chi connectivity index (χ1) is 14.1. The van der Waals surface area contributed by atoms with Crippen LogP contribution in [0.1, 0.15) is 39.3 Å². The molecule has 4 rings (SSSR count). The molecule has 7 heteroatoms. The lowest BCUT2D eigenvalue weighted by atomic mass is 10.1. The number of ether oxygens (including phenoxy) is 1. The average Bonchev–Trinajstić information content (AvgIpc) is 3.42. The fraction of sp³-hybridized carbons (Fsp3) is 0.409. The van der Waals surface area contributed by atoms with E-state index in [0.717, 1.165) is 34.2 Å². The molecule has 2 aromatic heterocycles. The SMILES string of the molecule is COCCn1cnnc1SCC(=O)c1cc(C)n(-c2ccc3c(c2)CCC3)c1C. The van der Waals surface area contributed by atoms with Gasteiger partial charge < -0.3 is 13.9 Å². The van der Waals surface area contributed by atoms with Gasteiger partial charge in [-0.05, 0) is 62.4 Å². The van der Waals surface area contributed by atoms with Gasteiger partial charge in [0.2, 0.25) is 0 Å². The second-order valence-corrected chi connectivity index (χ2v) is 8.38. The summed E-state index contributed by atoms with van der Waals surface area (Å²) in [5, 5.41) is 8.81. The summed E-state index contributed by atoms with van der Waals surface area (Å²) in [6.07, 6.45) is 5.23. The summed E-state index contributed by atoms with van der Waals surface area (Å²) >= 11 is 1.42. The Morgan fingerprint density at radius 2 is 2.03 bits per heavy atom. The number of Topliss-reactive ketones (excluding diaryl/α,β-unsaturated/α-hetero) is 1. The third-order valence-electron chi connectivity index (χ3n) is 5.52. The number of fused-ring (bicyclic) bond motifs is 1. The maximum Gasteiger partial charge on any atom is 0.191 e. The Bertz CT molecular complexity index is 1040. The molecule has 0 aliphatic heterocycles. The zero-order valence-corrected chi connectivity index (χ0v) is 18.0. The summed E-state index contributed by atoms with van der Waals surface area (Å²) < 4.78 is 9.22. The van der Waals surface area contributed by atoms with Gasteiger partial charge in [-0.1, -0.05) is 17.8 Å². The van der Waals surface area contributed by atoms with Gasteiger partial charge in [-0.25, -0.2) is 0 Å². The minimum Gasteiger partial charge on any atom is -0.383 e. The Labute approximate surface area is 175 Å². The lowest BCUT2D eigenvalue weighted by Crippen LogP contribution is -2.08. The van der Waals surface area contributed by atoms with E-state index in [1.54, 1.807) is 13.4 Å². The molecule has 6 nitrogen and oxygen atoms in total. The molecule has 0 fully saturated rings. The van der Waals surface area contributed by atoms with Crippen LogP contribution in [0, 0.1) is 13.8 Å². The fourth-order valence-corrected chi connectivity index (χ4v) is 4.87. The molecule has 0 N–H and O–H groups in total. The highest BCUT2D eigenvalue weighted by Crippen LogP contribution is 2.28. The Hall–Kier alpha value is -2.38. The molecule has 1 aliphatic rings. The zero-order valence-electron chi connectivity index (χ0n) is 17.1. The quantitative estimate of drug-likeness (QED) is 0.418. The van der Waals surface area contributed by atoms with Gasteiger partial charge in [0.05, 0.1) is 12.4 Å². The molecule has 0 saturated heterocycles. The van der Waals surface area contributed by atoms with Crippen LogP contribution in [0.25, 0.3) is 5.69 Å². The maximum atomic E-state index is 13.0. The lowest BCUT2D eigenvalue weighted by molar-refractivity contribution is 0.102. The van der Waals surface area contributed by atoms with Crippen LogP contribution in [0.4, 0.5) is 0 Å². The first-order valence-electron chi connectivity index (χ1n) is 9.92. The Balaban J connectivity index is 1.52. The summed E-state index contributed by atoms with van der Waals surface area (Å²) in [5.41, 5.74) is 6.89. The number of hydrogen-bond acceptors (Lipinski definition) is 5. The van der Waals surface area contributed by atoms with Gasteiger partial charge in [0, 0.05) is 36.3 Å². The normalized spacial score (nSPS) is 13.1. The minimum atomic E-state index is 0.108. The predicted octanol–water partition coefficient (Wildman–Crippen LogP) is 3.80. The molecule has 0 bridgehead atoms. The molecule has 0 amide bonds. The van der Waals surface area contributed by atoms with Crippen molar-refractivity contribution in [2.24, 2.45) is 0 Å². The van der Waals surface area contributed by atoms with Gasteiger partial charge in [0.1, 0.15) is 6.33 Å². The van der Waals surface area contributed by atoms with Crippen LogP contribution < -0.4 is 0 Å². The van der Waals surface area contributed by atoms with Crippen LogP contribution in [-0.4, -0.2) is 44.6 Å².